The molecule has 0 spiro atoms. The van der Waals surface area contributed by atoms with Crippen LogP contribution in [-0.2, 0) is 6.54 Å². The van der Waals surface area contributed by atoms with Crippen LogP contribution < -0.4 is 10.1 Å². The Labute approximate surface area is 194 Å². The number of carbonyl (C=O) groups is 1. The number of aryl methyl sites for hydroxylation is 1. The molecule has 0 saturated carbocycles. The van der Waals surface area contributed by atoms with Crippen molar-refractivity contribution < 1.29 is 9.53 Å². The molecule has 0 aliphatic carbocycles. The van der Waals surface area contributed by atoms with Crippen LogP contribution >= 0.6 is 0 Å². The van der Waals surface area contributed by atoms with Crippen molar-refractivity contribution in [3.05, 3.63) is 101 Å². The first-order valence-electron chi connectivity index (χ1n) is 11.0. The SMILES string of the molecule is Cc1ccc(Oc2ccncc2)cc1C(=O)NCc1ccc(C#CC(C)C)c2ccccc12. The van der Waals surface area contributed by atoms with Gasteiger partial charge < -0.3 is 10.1 Å². The van der Waals surface area contributed by atoms with Gasteiger partial charge in [0.05, 0.1) is 0 Å². The van der Waals surface area contributed by atoms with Crippen molar-refractivity contribution >= 4 is 16.7 Å². The third-order valence-corrected chi connectivity index (χ3v) is 5.29. The number of hydrogen-bond donors (Lipinski definition) is 1. The van der Waals surface area contributed by atoms with Crippen molar-refractivity contribution in [3.63, 3.8) is 0 Å². The smallest absolute Gasteiger partial charge is 0.251 e. The molecule has 0 unspecified atom stereocenters. The number of nitrogens with zero attached hydrogens (tertiary/aromatic N) is 1. The van der Waals surface area contributed by atoms with Gasteiger partial charge in [0.1, 0.15) is 11.5 Å². The van der Waals surface area contributed by atoms with E-state index in [0.29, 0.717) is 29.5 Å². The van der Waals surface area contributed by atoms with Gasteiger partial charge >= 0.3 is 0 Å². The number of rotatable bonds is 5. The van der Waals surface area contributed by atoms with Crippen LogP contribution in [-0.4, -0.2) is 10.9 Å². The molecule has 4 nitrogen and oxygen atoms in total. The van der Waals surface area contributed by atoms with E-state index in [0.717, 1.165) is 27.5 Å². The predicted octanol–water partition coefficient (Wildman–Crippen LogP) is 6.27. The van der Waals surface area contributed by atoms with E-state index in [9.17, 15) is 4.79 Å². The number of hydrogen-bond acceptors (Lipinski definition) is 3. The highest BCUT2D eigenvalue weighted by molar-refractivity contribution is 5.96. The van der Waals surface area contributed by atoms with Crippen molar-refractivity contribution in [3.8, 4) is 23.3 Å². The Bertz CT molecular complexity index is 1350. The molecule has 1 aromatic heterocycles. The number of fused-ring (bicyclic) bond motifs is 1. The highest BCUT2D eigenvalue weighted by atomic mass is 16.5. The fraction of sp³-hybridized carbons (Fsp3) is 0.172. The summed E-state index contributed by atoms with van der Waals surface area (Å²) < 4.78 is 5.86. The summed E-state index contributed by atoms with van der Waals surface area (Å²) >= 11 is 0. The number of benzene rings is 3. The van der Waals surface area contributed by atoms with E-state index in [1.54, 1.807) is 30.6 Å². The Morgan fingerprint density at radius 1 is 0.970 bits per heavy atom. The summed E-state index contributed by atoms with van der Waals surface area (Å²) in [5.74, 6) is 7.97. The van der Waals surface area contributed by atoms with Gasteiger partial charge in [-0.3, -0.25) is 9.78 Å². The molecule has 1 amide bonds. The van der Waals surface area contributed by atoms with Crippen LogP contribution in [0.3, 0.4) is 0 Å². The third kappa shape index (κ3) is 5.39. The van der Waals surface area contributed by atoms with E-state index < -0.39 is 0 Å². The maximum absolute atomic E-state index is 13.0. The van der Waals surface area contributed by atoms with Gasteiger partial charge in [-0.1, -0.05) is 62.1 Å². The highest BCUT2D eigenvalue weighted by Crippen LogP contribution is 2.25. The van der Waals surface area contributed by atoms with Crippen molar-refractivity contribution in [1.29, 1.82) is 0 Å². The quantitative estimate of drug-likeness (QED) is 0.377. The van der Waals surface area contributed by atoms with Gasteiger partial charge in [0.2, 0.25) is 0 Å². The number of aromatic nitrogens is 1. The largest absolute Gasteiger partial charge is 0.457 e. The molecule has 0 fully saturated rings. The molecular weight excluding hydrogens is 408 g/mol. The van der Waals surface area contributed by atoms with Crippen molar-refractivity contribution in [1.82, 2.24) is 10.3 Å². The summed E-state index contributed by atoms with van der Waals surface area (Å²) in [6, 6.07) is 21.3. The fourth-order valence-electron chi connectivity index (χ4n) is 3.57. The van der Waals surface area contributed by atoms with E-state index in [2.05, 4.69) is 48.1 Å². The van der Waals surface area contributed by atoms with E-state index in [1.165, 1.54) is 0 Å². The van der Waals surface area contributed by atoms with Crippen molar-refractivity contribution in [2.75, 3.05) is 0 Å². The van der Waals surface area contributed by atoms with Crippen LogP contribution in [0.2, 0.25) is 0 Å². The van der Waals surface area contributed by atoms with Crippen LogP contribution in [0.25, 0.3) is 10.8 Å². The summed E-state index contributed by atoms with van der Waals surface area (Å²) in [6.07, 6.45) is 3.34. The lowest BCUT2D eigenvalue weighted by Gasteiger charge is -2.12. The molecule has 0 radical (unpaired) electrons. The minimum Gasteiger partial charge on any atom is -0.457 e. The highest BCUT2D eigenvalue weighted by Gasteiger charge is 2.12. The summed E-state index contributed by atoms with van der Waals surface area (Å²) in [4.78, 5) is 17.0. The minimum atomic E-state index is -0.138. The number of ether oxygens (including phenoxy) is 1. The number of carbonyl (C=O) groups excluding carboxylic acids is 1. The lowest BCUT2D eigenvalue weighted by Crippen LogP contribution is -2.23. The molecule has 0 aliphatic rings. The van der Waals surface area contributed by atoms with Gasteiger partial charge in [0.25, 0.3) is 5.91 Å². The maximum atomic E-state index is 13.0. The standard InChI is InChI=1S/C29H26N2O2/c1-20(2)8-10-22-11-12-23(27-7-5-4-6-26(22)27)19-31-29(32)28-18-25(13-9-21(28)3)33-24-14-16-30-17-15-24/h4-7,9,11-18,20H,19H2,1-3H3,(H,31,32). The van der Waals surface area contributed by atoms with Crippen LogP contribution in [0.1, 0.15) is 40.9 Å². The monoisotopic (exact) mass is 434 g/mol. The summed E-state index contributed by atoms with van der Waals surface area (Å²) in [7, 11) is 0. The van der Waals surface area contributed by atoms with E-state index >= 15 is 0 Å². The second-order valence-electron chi connectivity index (χ2n) is 8.19. The van der Waals surface area contributed by atoms with Gasteiger partial charge in [0.15, 0.2) is 0 Å². The first-order chi connectivity index (χ1) is 16.0. The molecule has 4 heteroatoms. The third-order valence-electron chi connectivity index (χ3n) is 5.29. The number of pyridine rings is 1. The van der Waals surface area contributed by atoms with Crippen LogP contribution in [0.5, 0.6) is 11.5 Å². The summed E-state index contributed by atoms with van der Waals surface area (Å²) in [6.45, 7) is 6.51. The minimum absolute atomic E-state index is 0.138. The molecule has 1 heterocycles. The van der Waals surface area contributed by atoms with Gasteiger partial charge in [-0.15, -0.1) is 0 Å². The zero-order valence-corrected chi connectivity index (χ0v) is 19.1. The number of nitrogens with one attached hydrogen (secondary N) is 1. The zero-order valence-electron chi connectivity index (χ0n) is 19.1. The fourth-order valence-corrected chi connectivity index (χ4v) is 3.57. The molecule has 1 N–H and O–H groups in total. The summed E-state index contributed by atoms with van der Waals surface area (Å²) in [5, 5.41) is 5.26. The molecule has 0 aliphatic heterocycles. The molecule has 33 heavy (non-hydrogen) atoms. The Balaban J connectivity index is 1.54. The lowest BCUT2D eigenvalue weighted by atomic mass is 9.99. The second kappa shape index (κ2) is 10.0. The molecule has 0 bridgehead atoms. The van der Waals surface area contributed by atoms with Gasteiger partial charge in [-0.25, -0.2) is 0 Å². The Kier molecular flexibility index (Phi) is 6.71. The van der Waals surface area contributed by atoms with Crippen LogP contribution in [0.4, 0.5) is 0 Å². The average Bonchev–Trinajstić information content (AvgIpc) is 2.83. The average molecular weight is 435 g/mol. The Morgan fingerprint density at radius 2 is 1.73 bits per heavy atom. The van der Waals surface area contributed by atoms with Crippen molar-refractivity contribution in [2.45, 2.75) is 27.3 Å². The van der Waals surface area contributed by atoms with E-state index in [1.807, 2.05) is 43.3 Å². The molecule has 3 aromatic carbocycles. The lowest BCUT2D eigenvalue weighted by molar-refractivity contribution is 0.0950. The second-order valence-corrected chi connectivity index (χ2v) is 8.19. The molecule has 0 saturated heterocycles. The topological polar surface area (TPSA) is 51.2 Å². The van der Waals surface area contributed by atoms with Gasteiger partial charge in [-0.2, -0.15) is 0 Å². The van der Waals surface area contributed by atoms with Crippen LogP contribution in [0.15, 0.2) is 79.1 Å². The maximum Gasteiger partial charge on any atom is 0.251 e. The normalized spacial score (nSPS) is 10.5. The van der Waals surface area contributed by atoms with Gasteiger partial charge in [0, 0.05) is 36.0 Å². The Hall–Kier alpha value is -4.10. The van der Waals surface area contributed by atoms with E-state index in [-0.39, 0.29) is 5.91 Å². The van der Waals surface area contributed by atoms with Crippen molar-refractivity contribution in [2.24, 2.45) is 5.92 Å². The summed E-state index contributed by atoms with van der Waals surface area (Å²) in [5.41, 5.74) is 3.53. The first-order valence-corrected chi connectivity index (χ1v) is 11.0. The van der Waals surface area contributed by atoms with E-state index in [4.69, 9.17) is 4.74 Å². The molecule has 0 atom stereocenters. The molecule has 164 valence electrons. The number of amides is 1. The van der Waals surface area contributed by atoms with Gasteiger partial charge in [-0.05, 0) is 59.2 Å². The molecular formula is C29H26N2O2. The first kappa shape index (κ1) is 22.1. The predicted molar refractivity (Wildman–Crippen MR) is 132 cm³/mol. The molecule has 4 aromatic rings. The Morgan fingerprint density at radius 3 is 2.48 bits per heavy atom. The molecule has 4 rings (SSSR count). The zero-order chi connectivity index (χ0) is 23.2. The van der Waals surface area contributed by atoms with Crippen LogP contribution in [0, 0.1) is 24.7 Å².